The van der Waals surface area contributed by atoms with Gasteiger partial charge in [-0.3, -0.25) is 9.59 Å². The Morgan fingerprint density at radius 2 is 2.08 bits per heavy atom. The van der Waals surface area contributed by atoms with Gasteiger partial charge in [-0.1, -0.05) is 12.1 Å². The highest BCUT2D eigenvalue weighted by Crippen LogP contribution is 2.35. The molecule has 2 bridgehead atoms. The molecule has 0 N–H and O–H groups in total. The Hall–Kier alpha value is -2.08. The van der Waals surface area contributed by atoms with Crippen molar-refractivity contribution >= 4 is 21.8 Å². The molecule has 136 valence electrons. The average molecular weight is 417 g/mol. The lowest BCUT2D eigenvalue weighted by atomic mass is 9.83. The number of methoxy groups -OCH3 is 1. The van der Waals surface area contributed by atoms with E-state index in [1.165, 1.54) is 0 Å². The van der Waals surface area contributed by atoms with Crippen molar-refractivity contribution in [3.63, 3.8) is 0 Å². The Morgan fingerprint density at radius 1 is 1.23 bits per heavy atom. The fraction of sp³-hybridized carbons (Fsp3) is 0.400. The Balaban J connectivity index is 1.51. The lowest BCUT2D eigenvalue weighted by Crippen LogP contribution is -2.49. The molecule has 0 radical (unpaired) electrons. The molecular formula is C20H21BrN2O3. The maximum Gasteiger partial charge on any atom is 0.250 e. The van der Waals surface area contributed by atoms with Gasteiger partial charge >= 0.3 is 0 Å². The van der Waals surface area contributed by atoms with Gasteiger partial charge in [0.2, 0.25) is 5.91 Å². The minimum absolute atomic E-state index is 0.0695. The molecule has 2 aromatic rings. The van der Waals surface area contributed by atoms with Gasteiger partial charge in [0.1, 0.15) is 5.75 Å². The molecule has 1 aromatic carbocycles. The van der Waals surface area contributed by atoms with Crippen molar-refractivity contribution in [3.8, 4) is 5.75 Å². The molecule has 4 rings (SSSR count). The number of amides is 1. The van der Waals surface area contributed by atoms with E-state index >= 15 is 0 Å². The van der Waals surface area contributed by atoms with Gasteiger partial charge in [-0.05, 0) is 52.0 Å². The predicted molar refractivity (Wildman–Crippen MR) is 103 cm³/mol. The van der Waals surface area contributed by atoms with Crippen molar-refractivity contribution in [1.29, 1.82) is 0 Å². The summed E-state index contributed by atoms with van der Waals surface area (Å²) in [7, 11) is 1.63. The van der Waals surface area contributed by atoms with Crippen LogP contribution < -0.4 is 10.3 Å². The number of ether oxygens (including phenoxy) is 1. The largest absolute Gasteiger partial charge is 0.496 e. The van der Waals surface area contributed by atoms with E-state index in [-0.39, 0.29) is 17.4 Å². The monoisotopic (exact) mass is 416 g/mol. The summed E-state index contributed by atoms with van der Waals surface area (Å²) in [6.45, 7) is 2.13. The summed E-state index contributed by atoms with van der Waals surface area (Å²) in [4.78, 5) is 26.9. The first-order valence-corrected chi connectivity index (χ1v) is 9.64. The molecule has 0 aliphatic carbocycles. The van der Waals surface area contributed by atoms with Gasteiger partial charge < -0.3 is 14.2 Å². The van der Waals surface area contributed by atoms with E-state index < -0.39 is 0 Å². The van der Waals surface area contributed by atoms with Crippen molar-refractivity contribution in [2.24, 2.45) is 5.92 Å². The van der Waals surface area contributed by atoms with Crippen LogP contribution in [0.1, 0.15) is 23.6 Å². The highest BCUT2D eigenvalue weighted by Gasteiger charge is 2.36. The molecule has 26 heavy (non-hydrogen) atoms. The average Bonchev–Trinajstić information content (AvgIpc) is 2.63. The predicted octanol–water partition coefficient (Wildman–Crippen LogP) is 2.81. The van der Waals surface area contributed by atoms with Crippen LogP contribution in [0.4, 0.5) is 0 Å². The summed E-state index contributed by atoms with van der Waals surface area (Å²) < 4.78 is 7.99. The molecule has 5 nitrogen and oxygen atoms in total. The van der Waals surface area contributed by atoms with Gasteiger partial charge in [0, 0.05) is 37.3 Å². The maximum absolute atomic E-state index is 12.9. The van der Waals surface area contributed by atoms with Gasteiger partial charge in [0.25, 0.3) is 5.56 Å². The molecule has 1 amide bonds. The van der Waals surface area contributed by atoms with E-state index in [2.05, 4.69) is 15.9 Å². The van der Waals surface area contributed by atoms with Crippen molar-refractivity contribution in [2.45, 2.75) is 25.3 Å². The van der Waals surface area contributed by atoms with Crippen LogP contribution >= 0.6 is 15.9 Å². The number of likely N-dealkylation sites (tertiary alicyclic amines) is 1. The molecule has 2 atom stereocenters. The van der Waals surface area contributed by atoms with Crippen molar-refractivity contribution in [3.05, 3.63) is 62.5 Å². The molecule has 1 saturated heterocycles. The quantitative estimate of drug-likeness (QED) is 0.772. The molecule has 6 heteroatoms. The zero-order valence-corrected chi connectivity index (χ0v) is 16.2. The number of rotatable bonds is 3. The number of hydrogen-bond acceptors (Lipinski definition) is 3. The fourth-order valence-corrected chi connectivity index (χ4v) is 4.79. The standard InChI is InChI=1S/C20H21BrN2O3/c1-26-18-6-5-13(8-16(18)21)9-20(25)22-10-14-7-15(12-22)17-3-2-4-19(24)23(17)11-14/h2-6,8,14-15H,7,9-12H2,1H3. The Morgan fingerprint density at radius 3 is 2.85 bits per heavy atom. The topological polar surface area (TPSA) is 51.5 Å². The second-order valence-corrected chi connectivity index (χ2v) is 8.00. The van der Waals surface area contributed by atoms with Gasteiger partial charge in [-0.15, -0.1) is 0 Å². The Kier molecular flexibility index (Phi) is 4.61. The number of benzene rings is 1. The Labute approximate surface area is 160 Å². The second-order valence-electron chi connectivity index (χ2n) is 7.14. The fourth-order valence-electron chi connectivity index (χ4n) is 4.21. The van der Waals surface area contributed by atoms with Crippen LogP contribution in [0.5, 0.6) is 5.75 Å². The summed E-state index contributed by atoms with van der Waals surface area (Å²) in [6, 6.07) is 11.2. The molecule has 1 fully saturated rings. The number of hydrogen-bond donors (Lipinski definition) is 0. The van der Waals surface area contributed by atoms with Crippen molar-refractivity contribution in [1.82, 2.24) is 9.47 Å². The zero-order chi connectivity index (χ0) is 18.3. The highest BCUT2D eigenvalue weighted by atomic mass is 79.9. The minimum atomic E-state index is 0.0695. The normalized spacial score (nSPS) is 21.2. The number of nitrogens with zero attached hydrogens (tertiary/aromatic N) is 2. The van der Waals surface area contributed by atoms with Crippen LogP contribution in [-0.4, -0.2) is 35.6 Å². The van der Waals surface area contributed by atoms with E-state index in [1.54, 1.807) is 13.2 Å². The van der Waals surface area contributed by atoms with Gasteiger partial charge in [-0.25, -0.2) is 0 Å². The SMILES string of the molecule is COc1ccc(CC(=O)N2CC3CC(C2)c2cccc(=O)n2C3)cc1Br. The number of fused-ring (bicyclic) bond motifs is 4. The van der Waals surface area contributed by atoms with E-state index in [0.29, 0.717) is 25.4 Å². The van der Waals surface area contributed by atoms with E-state index in [9.17, 15) is 9.59 Å². The van der Waals surface area contributed by atoms with E-state index in [4.69, 9.17) is 4.74 Å². The first kappa shape index (κ1) is 17.3. The van der Waals surface area contributed by atoms with Crippen LogP contribution in [-0.2, 0) is 17.8 Å². The van der Waals surface area contributed by atoms with Crippen molar-refractivity contribution in [2.75, 3.05) is 20.2 Å². The molecule has 2 aliphatic heterocycles. The summed E-state index contributed by atoms with van der Waals surface area (Å²) in [5.41, 5.74) is 2.11. The van der Waals surface area contributed by atoms with Gasteiger partial charge in [0.15, 0.2) is 0 Å². The first-order chi connectivity index (χ1) is 12.5. The van der Waals surface area contributed by atoms with Crippen LogP contribution in [0, 0.1) is 5.92 Å². The molecule has 1 aromatic heterocycles. The molecule has 0 saturated carbocycles. The van der Waals surface area contributed by atoms with Crippen molar-refractivity contribution < 1.29 is 9.53 Å². The zero-order valence-electron chi connectivity index (χ0n) is 14.7. The number of pyridine rings is 1. The van der Waals surface area contributed by atoms with Crippen LogP contribution in [0.15, 0.2) is 45.7 Å². The molecule has 3 heterocycles. The van der Waals surface area contributed by atoms with Gasteiger partial charge in [0.05, 0.1) is 18.0 Å². The molecule has 2 unspecified atom stereocenters. The van der Waals surface area contributed by atoms with Crippen LogP contribution in [0.25, 0.3) is 0 Å². The number of piperidine rings is 1. The number of carbonyl (C=O) groups excluding carboxylic acids is 1. The summed E-state index contributed by atoms with van der Waals surface area (Å²) in [5.74, 6) is 1.51. The third-order valence-electron chi connectivity index (χ3n) is 5.40. The summed E-state index contributed by atoms with van der Waals surface area (Å²) in [5, 5.41) is 0. The molecule has 2 aliphatic rings. The van der Waals surface area contributed by atoms with Gasteiger partial charge in [-0.2, -0.15) is 0 Å². The second kappa shape index (κ2) is 6.91. The molecular weight excluding hydrogens is 396 g/mol. The van der Waals surface area contributed by atoms with E-state index in [0.717, 1.165) is 34.4 Å². The number of carbonyl (C=O) groups is 1. The third kappa shape index (κ3) is 3.18. The van der Waals surface area contributed by atoms with Crippen LogP contribution in [0.2, 0.25) is 0 Å². The maximum atomic E-state index is 12.9. The van der Waals surface area contributed by atoms with Crippen LogP contribution in [0.3, 0.4) is 0 Å². The lowest BCUT2D eigenvalue weighted by Gasteiger charge is -2.42. The smallest absolute Gasteiger partial charge is 0.250 e. The third-order valence-corrected chi connectivity index (χ3v) is 6.02. The summed E-state index contributed by atoms with van der Waals surface area (Å²) in [6.07, 6.45) is 1.44. The summed E-state index contributed by atoms with van der Waals surface area (Å²) >= 11 is 3.48. The van der Waals surface area contributed by atoms with E-state index in [1.807, 2.05) is 39.8 Å². The minimum Gasteiger partial charge on any atom is -0.496 e. The number of aromatic nitrogens is 1. The first-order valence-electron chi connectivity index (χ1n) is 8.85. The molecule has 0 spiro atoms. The number of halogens is 1. The highest BCUT2D eigenvalue weighted by molar-refractivity contribution is 9.10. The lowest BCUT2D eigenvalue weighted by molar-refractivity contribution is -0.133. The Bertz CT molecular complexity index is 908.